The van der Waals surface area contributed by atoms with Gasteiger partial charge in [0.25, 0.3) is 5.91 Å². The highest BCUT2D eigenvalue weighted by Gasteiger charge is 2.30. The number of nitrogens with one attached hydrogen (secondary N) is 2. The second kappa shape index (κ2) is 5.32. The van der Waals surface area contributed by atoms with Gasteiger partial charge in [-0.25, -0.2) is 0 Å². The van der Waals surface area contributed by atoms with E-state index in [1.807, 2.05) is 6.92 Å². The zero-order chi connectivity index (χ0) is 13.0. The molecule has 1 aromatic rings. The van der Waals surface area contributed by atoms with Gasteiger partial charge in [-0.05, 0) is 25.8 Å². The lowest BCUT2D eigenvalue weighted by Crippen LogP contribution is -2.51. The van der Waals surface area contributed by atoms with E-state index in [0.29, 0.717) is 17.9 Å². The summed E-state index contributed by atoms with van der Waals surface area (Å²) in [6.07, 6.45) is 4.94. The summed E-state index contributed by atoms with van der Waals surface area (Å²) in [5.41, 5.74) is 3.17. The van der Waals surface area contributed by atoms with Gasteiger partial charge in [-0.1, -0.05) is 0 Å². The fraction of sp³-hybridized carbons (Fsp3) is 0.500. The Kier molecular flexibility index (Phi) is 3.78. The smallest absolute Gasteiger partial charge is 0.255 e. The Balaban J connectivity index is 2.11. The van der Waals surface area contributed by atoms with Crippen molar-refractivity contribution in [3.8, 4) is 0 Å². The molecule has 4 N–H and O–H groups in total. The standard InChI is InChI=1S/C12H18N4O2/c1-12(4-2-6-18-8-12)15-11(17)9-7-14-5-3-10(9)16-13/h3,5,7H,2,4,6,8,13H2,1H3,(H,14,16)(H,15,17). The molecule has 98 valence electrons. The molecule has 0 aliphatic carbocycles. The van der Waals surface area contributed by atoms with Gasteiger partial charge in [0.15, 0.2) is 0 Å². The van der Waals surface area contributed by atoms with E-state index in [1.54, 1.807) is 12.3 Å². The minimum Gasteiger partial charge on any atom is -0.379 e. The molecule has 1 atom stereocenters. The first-order valence-electron chi connectivity index (χ1n) is 5.95. The largest absolute Gasteiger partial charge is 0.379 e. The Labute approximate surface area is 106 Å². The summed E-state index contributed by atoms with van der Waals surface area (Å²) in [4.78, 5) is 16.1. The minimum absolute atomic E-state index is 0.191. The average Bonchev–Trinajstić information content (AvgIpc) is 2.39. The van der Waals surface area contributed by atoms with Crippen molar-refractivity contribution in [1.82, 2.24) is 10.3 Å². The number of nitrogens with two attached hydrogens (primary N) is 1. The number of hydrazine groups is 1. The summed E-state index contributed by atoms with van der Waals surface area (Å²) < 4.78 is 5.41. The van der Waals surface area contributed by atoms with Gasteiger partial charge in [0.05, 0.1) is 23.4 Å². The van der Waals surface area contributed by atoms with Gasteiger partial charge in [-0.3, -0.25) is 15.6 Å². The van der Waals surface area contributed by atoms with Crippen molar-refractivity contribution in [2.45, 2.75) is 25.3 Å². The van der Waals surface area contributed by atoms with Crippen LogP contribution in [0.5, 0.6) is 0 Å². The van der Waals surface area contributed by atoms with Crippen LogP contribution in [0.25, 0.3) is 0 Å². The zero-order valence-electron chi connectivity index (χ0n) is 10.4. The molecule has 1 aromatic heterocycles. The summed E-state index contributed by atoms with van der Waals surface area (Å²) in [5.74, 6) is 5.18. The first kappa shape index (κ1) is 12.8. The van der Waals surface area contributed by atoms with Crippen LogP contribution in [0.15, 0.2) is 18.5 Å². The van der Waals surface area contributed by atoms with E-state index in [0.717, 1.165) is 19.4 Å². The van der Waals surface area contributed by atoms with Crippen molar-refractivity contribution in [2.24, 2.45) is 5.84 Å². The van der Waals surface area contributed by atoms with Crippen molar-refractivity contribution < 1.29 is 9.53 Å². The summed E-state index contributed by atoms with van der Waals surface area (Å²) >= 11 is 0. The van der Waals surface area contributed by atoms with E-state index < -0.39 is 0 Å². The second-order valence-electron chi connectivity index (χ2n) is 4.74. The van der Waals surface area contributed by atoms with Crippen LogP contribution in [0.3, 0.4) is 0 Å². The van der Waals surface area contributed by atoms with Gasteiger partial charge < -0.3 is 15.5 Å². The number of amides is 1. The monoisotopic (exact) mass is 250 g/mol. The van der Waals surface area contributed by atoms with Crippen LogP contribution < -0.4 is 16.6 Å². The number of nitrogen functional groups attached to an aromatic ring is 1. The molecule has 2 heterocycles. The Morgan fingerprint density at radius 2 is 2.44 bits per heavy atom. The highest BCUT2D eigenvalue weighted by atomic mass is 16.5. The molecule has 0 saturated carbocycles. The first-order valence-corrected chi connectivity index (χ1v) is 5.95. The van der Waals surface area contributed by atoms with Gasteiger partial charge in [0.1, 0.15) is 0 Å². The normalized spacial score (nSPS) is 23.4. The number of aromatic nitrogens is 1. The van der Waals surface area contributed by atoms with Gasteiger partial charge in [-0.2, -0.15) is 0 Å². The number of nitrogens with zero attached hydrogens (tertiary/aromatic N) is 1. The number of hydrogen-bond donors (Lipinski definition) is 3. The highest BCUT2D eigenvalue weighted by molar-refractivity contribution is 5.99. The van der Waals surface area contributed by atoms with E-state index in [4.69, 9.17) is 10.6 Å². The molecule has 0 radical (unpaired) electrons. The third kappa shape index (κ3) is 2.77. The molecule has 6 nitrogen and oxygen atoms in total. The molecule has 0 spiro atoms. The fourth-order valence-electron chi connectivity index (χ4n) is 2.08. The molecular formula is C12H18N4O2. The first-order chi connectivity index (χ1) is 8.64. The molecule has 2 rings (SSSR count). The van der Waals surface area contributed by atoms with Crippen LogP contribution in [-0.2, 0) is 4.74 Å². The van der Waals surface area contributed by atoms with Gasteiger partial charge in [-0.15, -0.1) is 0 Å². The third-order valence-corrected chi connectivity index (χ3v) is 3.07. The summed E-state index contributed by atoms with van der Waals surface area (Å²) in [6, 6.07) is 1.66. The SMILES string of the molecule is CC1(NC(=O)c2cnccc2NN)CCCOC1. The summed E-state index contributed by atoms with van der Waals surface area (Å²) in [7, 11) is 0. The number of ether oxygens (including phenoxy) is 1. The second-order valence-corrected chi connectivity index (χ2v) is 4.74. The van der Waals surface area contributed by atoms with Crippen molar-refractivity contribution >= 4 is 11.6 Å². The molecule has 1 amide bonds. The minimum atomic E-state index is -0.322. The number of rotatable bonds is 3. The maximum absolute atomic E-state index is 12.2. The van der Waals surface area contributed by atoms with Crippen LogP contribution >= 0.6 is 0 Å². The zero-order valence-corrected chi connectivity index (χ0v) is 10.4. The van der Waals surface area contributed by atoms with E-state index in [1.165, 1.54) is 6.20 Å². The molecule has 0 bridgehead atoms. The Morgan fingerprint density at radius 3 is 3.11 bits per heavy atom. The summed E-state index contributed by atoms with van der Waals surface area (Å²) in [6.45, 7) is 3.27. The maximum Gasteiger partial charge on any atom is 0.255 e. The Hall–Kier alpha value is -1.66. The van der Waals surface area contributed by atoms with E-state index in [2.05, 4.69) is 15.7 Å². The summed E-state index contributed by atoms with van der Waals surface area (Å²) in [5, 5.41) is 2.99. The predicted molar refractivity (Wildman–Crippen MR) is 68.0 cm³/mol. The van der Waals surface area contributed by atoms with Crippen molar-refractivity contribution in [3.05, 3.63) is 24.0 Å². The average molecular weight is 250 g/mol. The number of carbonyl (C=O) groups is 1. The molecule has 0 aromatic carbocycles. The molecule has 1 unspecified atom stereocenters. The molecular weight excluding hydrogens is 232 g/mol. The van der Waals surface area contributed by atoms with Gasteiger partial charge >= 0.3 is 0 Å². The lowest BCUT2D eigenvalue weighted by Gasteiger charge is -2.34. The quantitative estimate of drug-likeness (QED) is 0.542. The van der Waals surface area contributed by atoms with Crippen molar-refractivity contribution in [2.75, 3.05) is 18.6 Å². The van der Waals surface area contributed by atoms with E-state index >= 15 is 0 Å². The number of carbonyl (C=O) groups excluding carboxylic acids is 1. The molecule has 18 heavy (non-hydrogen) atoms. The lowest BCUT2D eigenvalue weighted by atomic mass is 9.94. The highest BCUT2D eigenvalue weighted by Crippen LogP contribution is 2.20. The molecule has 1 aliphatic heterocycles. The number of hydrogen-bond acceptors (Lipinski definition) is 5. The van der Waals surface area contributed by atoms with Gasteiger partial charge in [0, 0.05) is 19.0 Å². The van der Waals surface area contributed by atoms with Crippen LogP contribution in [0.4, 0.5) is 5.69 Å². The predicted octanol–water partition coefficient (Wildman–Crippen LogP) is 0.666. The topological polar surface area (TPSA) is 89.3 Å². The number of pyridine rings is 1. The van der Waals surface area contributed by atoms with E-state index in [-0.39, 0.29) is 11.4 Å². The van der Waals surface area contributed by atoms with Crippen LogP contribution in [0.1, 0.15) is 30.1 Å². The third-order valence-electron chi connectivity index (χ3n) is 3.07. The molecule has 1 aliphatic rings. The fourth-order valence-corrected chi connectivity index (χ4v) is 2.08. The van der Waals surface area contributed by atoms with Crippen molar-refractivity contribution in [3.63, 3.8) is 0 Å². The maximum atomic E-state index is 12.2. The van der Waals surface area contributed by atoms with Crippen molar-refractivity contribution in [1.29, 1.82) is 0 Å². The van der Waals surface area contributed by atoms with Crippen LogP contribution in [0.2, 0.25) is 0 Å². The molecule has 6 heteroatoms. The lowest BCUT2D eigenvalue weighted by molar-refractivity contribution is 0.0273. The molecule has 1 saturated heterocycles. The van der Waals surface area contributed by atoms with Crippen LogP contribution in [0, 0.1) is 0 Å². The molecule has 1 fully saturated rings. The van der Waals surface area contributed by atoms with Gasteiger partial charge in [0.2, 0.25) is 0 Å². The Bertz CT molecular complexity index is 430. The van der Waals surface area contributed by atoms with E-state index in [9.17, 15) is 4.79 Å². The van der Waals surface area contributed by atoms with Crippen LogP contribution in [-0.4, -0.2) is 29.6 Å². The Morgan fingerprint density at radius 1 is 1.61 bits per heavy atom. The number of anilines is 1.